The molecule has 0 saturated carbocycles. The van der Waals surface area contributed by atoms with Crippen LogP contribution in [0.3, 0.4) is 0 Å². The Balaban J connectivity index is 1.84. The number of esters is 1. The van der Waals surface area contributed by atoms with Gasteiger partial charge in [0, 0.05) is 9.26 Å². The minimum absolute atomic E-state index is 0.422. The van der Waals surface area contributed by atoms with E-state index >= 15 is 0 Å². The third-order valence-corrected chi connectivity index (χ3v) is 3.46. The molecule has 2 N–H and O–H groups in total. The first-order chi connectivity index (χ1) is 10.6. The Labute approximate surface area is 141 Å². The van der Waals surface area contributed by atoms with Gasteiger partial charge in [0.05, 0.1) is 0 Å². The van der Waals surface area contributed by atoms with Gasteiger partial charge in [0.2, 0.25) is 0 Å². The van der Waals surface area contributed by atoms with E-state index in [9.17, 15) is 14.7 Å². The van der Waals surface area contributed by atoms with Crippen LogP contribution in [0.4, 0.5) is 5.69 Å². The summed E-state index contributed by atoms with van der Waals surface area (Å²) in [6.45, 7) is -0.450. The van der Waals surface area contributed by atoms with E-state index in [1.807, 2.05) is 12.1 Å². The van der Waals surface area contributed by atoms with Crippen LogP contribution in [0.15, 0.2) is 54.6 Å². The van der Waals surface area contributed by atoms with Crippen molar-refractivity contribution in [2.75, 3.05) is 11.9 Å². The van der Waals surface area contributed by atoms with Gasteiger partial charge >= 0.3 is 5.97 Å². The first-order valence-corrected chi connectivity index (χ1v) is 7.59. The van der Waals surface area contributed by atoms with Crippen LogP contribution in [0.5, 0.6) is 0 Å². The quantitative estimate of drug-likeness (QED) is 0.586. The molecule has 0 aliphatic heterocycles. The zero-order valence-corrected chi connectivity index (χ0v) is 13.7. The van der Waals surface area contributed by atoms with Crippen molar-refractivity contribution in [1.82, 2.24) is 0 Å². The maximum Gasteiger partial charge on any atom is 0.340 e. The van der Waals surface area contributed by atoms with Crippen molar-refractivity contribution in [3.8, 4) is 0 Å². The molecule has 2 aromatic rings. The van der Waals surface area contributed by atoms with Crippen LogP contribution in [-0.2, 0) is 14.3 Å². The molecular weight excluding hydrogens is 397 g/mol. The van der Waals surface area contributed by atoms with Crippen LogP contribution in [-0.4, -0.2) is 23.6 Å². The summed E-state index contributed by atoms with van der Waals surface area (Å²) in [7, 11) is 0. The number of aliphatic hydroxyl groups is 1. The summed E-state index contributed by atoms with van der Waals surface area (Å²) < 4.78 is 5.80. The van der Waals surface area contributed by atoms with Crippen molar-refractivity contribution in [3.63, 3.8) is 0 Å². The highest BCUT2D eigenvalue weighted by molar-refractivity contribution is 14.1. The van der Waals surface area contributed by atoms with Crippen molar-refractivity contribution < 1.29 is 19.4 Å². The molecule has 0 saturated heterocycles. The number of hydrogen-bond donors (Lipinski definition) is 2. The molecule has 2 rings (SSSR count). The molecule has 6 heteroatoms. The molecule has 0 bridgehead atoms. The monoisotopic (exact) mass is 411 g/mol. The highest BCUT2D eigenvalue weighted by Gasteiger charge is 2.19. The number of carbonyl (C=O) groups excluding carboxylic acids is 2. The zero-order valence-electron chi connectivity index (χ0n) is 11.5. The number of anilines is 1. The first kappa shape index (κ1) is 16.4. The van der Waals surface area contributed by atoms with Gasteiger partial charge in [-0.15, -0.1) is 0 Å². The van der Waals surface area contributed by atoms with Crippen LogP contribution in [0.2, 0.25) is 0 Å². The lowest BCUT2D eigenvalue weighted by Crippen LogP contribution is -2.23. The Morgan fingerprint density at radius 3 is 2.55 bits per heavy atom. The van der Waals surface area contributed by atoms with Crippen molar-refractivity contribution in [3.05, 3.63) is 63.7 Å². The summed E-state index contributed by atoms with van der Waals surface area (Å²) in [5.74, 6) is -1.32. The van der Waals surface area contributed by atoms with Crippen molar-refractivity contribution in [2.24, 2.45) is 0 Å². The number of ether oxygens (including phenoxy) is 1. The molecule has 114 valence electrons. The van der Waals surface area contributed by atoms with E-state index in [0.29, 0.717) is 11.3 Å². The van der Waals surface area contributed by atoms with Crippen LogP contribution in [0.1, 0.15) is 11.7 Å². The van der Waals surface area contributed by atoms with E-state index in [0.717, 1.165) is 3.57 Å². The fourth-order valence-electron chi connectivity index (χ4n) is 1.75. The number of aliphatic hydroxyl groups excluding tert-OH is 1. The molecule has 2 aromatic carbocycles. The molecule has 22 heavy (non-hydrogen) atoms. The second kappa shape index (κ2) is 7.90. The Hall–Kier alpha value is -1.93. The fourth-order valence-corrected chi connectivity index (χ4v) is 2.29. The topological polar surface area (TPSA) is 75.6 Å². The van der Waals surface area contributed by atoms with Gasteiger partial charge in [-0.25, -0.2) is 4.79 Å². The van der Waals surface area contributed by atoms with E-state index in [1.165, 1.54) is 0 Å². The van der Waals surface area contributed by atoms with Gasteiger partial charge in [-0.3, -0.25) is 4.79 Å². The average Bonchev–Trinajstić information content (AvgIpc) is 2.52. The number of halogens is 1. The maximum atomic E-state index is 11.7. The van der Waals surface area contributed by atoms with Gasteiger partial charge in [0.1, 0.15) is 0 Å². The molecule has 0 unspecified atom stereocenters. The Morgan fingerprint density at radius 2 is 1.86 bits per heavy atom. The average molecular weight is 411 g/mol. The molecular formula is C16H14INO4. The van der Waals surface area contributed by atoms with E-state index < -0.39 is 24.6 Å². The van der Waals surface area contributed by atoms with E-state index in [4.69, 9.17) is 4.74 Å². The van der Waals surface area contributed by atoms with Crippen LogP contribution >= 0.6 is 22.6 Å². The summed E-state index contributed by atoms with van der Waals surface area (Å²) in [6.07, 6.45) is -1.40. The molecule has 0 heterocycles. The molecule has 1 atom stereocenters. The van der Waals surface area contributed by atoms with Crippen molar-refractivity contribution in [1.29, 1.82) is 0 Å². The minimum atomic E-state index is -1.40. The molecule has 1 amide bonds. The molecule has 5 nitrogen and oxygen atoms in total. The SMILES string of the molecule is O=C(COC(=O)[C@@H](O)c1ccccc1)Nc1cccc(I)c1. The van der Waals surface area contributed by atoms with Crippen LogP contribution in [0, 0.1) is 3.57 Å². The highest BCUT2D eigenvalue weighted by atomic mass is 127. The van der Waals surface area contributed by atoms with Gasteiger partial charge < -0.3 is 15.2 Å². The number of amides is 1. The molecule has 0 aromatic heterocycles. The third kappa shape index (κ3) is 4.81. The lowest BCUT2D eigenvalue weighted by atomic mass is 10.1. The smallest absolute Gasteiger partial charge is 0.340 e. The summed E-state index contributed by atoms with van der Waals surface area (Å²) in [5.41, 5.74) is 1.04. The van der Waals surface area contributed by atoms with E-state index in [2.05, 4.69) is 27.9 Å². The normalized spacial score (nSPS) is 11.5. The number of hydrogen-bond acceptors (Lipinski definition) is 4. The molecule has 0 aliphatic rings. The number of benzene rings is 2. The molecule has 0 radical (unpaired) electrons. The summed E-state index contributed by atoms with van der Waals surface area (Å²) in [6, 6.07) is 15.6. The Morgan fingerprint density at radius 1 is 1.14 bits per heavy atom. The predicted octanol–water partition coefficient (Wildman–Crippen LogP) is 2.51. The second-order valence-electron chi connectivity index (χ2n) is 4.48. The summed E-state index contributed by atoms with van der Waals surface area (Å²) in [5, 5.41) is 12.4. The minimum Gasteiger partial charge on any atom is -0.453 e. The van der Waals surface area contributed by atoms with E-state index in [1.54, 1.807) is 42.5 Å². The van der Waals surface area contributed by atoms with Crippen LogP contribution < -0.4 is 5.32 Å². The largest absolute Gasteiger partial charge is 0.453 e. The van der Waals surface area contributed by atoms with Gasteiger partial charge in [-0.1, -0.05) is 36.4 Å². The second-order valence-corrected chi connectivity index (χ2v) is 5.73. The summed E-state index contributed by atoms with van der Waals surface area (Å²) >= 11 is 2.13. The lowest BCUT2D eigenvalue weighted by molar-refractivity contribution is -0.156. The Kier molecular flexibility index (Phi) is 5.91. The van der Waals surface area contributed by atoms with Crippen molar-refractivity contribution in [2.45, 2.75) is 6.10 Å². The third-order valence-electron chi connectivity index (χ3n) is 2.79. The number of rotatable bonds is 5. The van der Waals surface area contributed by atoms with Crippen LogP contribution in [0.25, 0.3) is 0 Å². The van der Waals surface area contributed by atoms with E-state index in [-0.39, 0.29) is 0 Å². The lowest BCUT2D eigenvalue weighted by Gasteiger charge is -2.11. The highest BCUT2D eigenvalue weighted by Crippen LogP contribution is 2.14. The molecule has 0 fully saturated rings. The van der Waals surface area contributed by atoms with Crippen molar-refractivity contribution >= 4 is 40.2 Å². The molecule has 0 aliphatic carbocycles. The molecule has 0 spiro atoms. The van der Waals surface area contributed by atoms with Gasteiger partial charge in [-0.2, -0.15) is 0 Å². The van der Waals surface area contributed by atoms with Gasteiger partial charge in [0.15, 0.2) is 12.7 Å². The first-order valence-electron chi connectivity index (χ1n) is 6.51. The number of carbonyl (C=O) groups is 2. The Bertz CT molecular complexity index is 660. The van der Waals surface area contributed by atoms with Gasteiger partial charge in [-0.05, 0) is 46.4 Å². The standard InChI is InChI=1S/C16H14INO4/c17-12-7-4-8-13(9-12)18-14(19)10-22-16(21)15(20)11-5-2-1-3-6-11/h1-9,15,20H,10H2,(H,18,19)/t15-/m0/s1. The number of nitrogens with one attached hydrogen (secondary N) is 1. The fraction of sp³-hybridized carbons (Fsp3) is 0.125. The predicted molar refractivity (Wildman–Crippen MR) is 90.1 cm³/mol. The zero-order chi connectivity index (χ0) is 15.9. The summed E-state index contributed by atoms with van der Waals surface area (Å²) in [4.78, 5) is 23.4. The maximum absolute atomic E-state index is 11.7. The van der Waals surface area contributed by atoms with Gasteiger partial charge in [0.25, 0.3) is 5.91 Å².